The molecule has 0 amide bonds. The van der Waals surface area contributed by atoms with E-state index in [1.54, 1.807) is 13.2 Å². The Balaban J connectivity index is 2.10. The van der Waals surface area contributed by atoms with E-state index in [9.17, 15) is 4.21 Å². The highest BCUT2D eigenvalue weighted by Gasteiger charge is 2.15. The first-order valence-corrected chi connectivity index (χ1v) is 7.21. The molecule has 0 bridgehead atoms. The van der Waals surface area contributed by atoms with Crippen molar-refractivity contribution < 1.29 is 18.4 Å². The fourth-order valence-electron chi connectivity index (χ4n) is 1.69. The van der Waals surface area contributed by atoms with Crippen LogP contribution in [0.15, 0.2) is 12.1 Å². The summed E-state index contributed by atoms with van der Waals surface area (Å²) in [6.45, 7) is 1.55. The molecule has 1 aliphatic rings. The third-order valence-electron chi connectivity index (χ3n) is 2.64. The van der Waals surface area contributed by atoms with Gasteiger partial charge in [0.15, 0.2) is 11.5 Å². The van der Waals surface area contributed by atoms with Crippen molar-refractivity contribution in [1.29, 1.82) is 0 Å². The first-order valence-electron chi connectivity index (χ1n) is 5.72. The van der Waals surface area contributed by atoms with Gasteiger partial charge in [0.2, 0.25) is 0 Å². The highest BCUT2D eigenvalue weighted by atomic mass is 32.2. The van der Waals surface area contributed by atoms with Crippen LogP contribution in [0.5, 0.6) is 11.5 Å². The molecule has 18 heavy (non-hydrogen) atoms. The van der Waals surface area contributed by atoms with E-state index >= 15 is 0 Å². The topological polar surface area (TPSA) is 70.8 Å². The lowest BCUT2D eigenvalue weighted by molar-refractivity contribution is 0.171. The molecule has 6 heteroatoms. The summed E-state index contributed by atoms with van der Waals surface area (Å²) in [6.07, 6.45) is 0. The number of ether oxygens (including phenoxy) is 3. The maximum Gasteiger partial charge on any atom is 0.163 e. The molecule has 0 aliphatic carbocycles. The normalized spacial score (nSPS) is 15.4. The Hall–Kier alpha value is -1.27. The first-order chi connectivity index (χ1) is 8.70. The monoisotopic (exact) mass is 271 g/mol. The van der Waals surface area contributed by atoms with Crippen molar-refractivity contribution in [3.63, 3.8) is 0 Å². The van der Waals surface area contributed by atoms with E-state index in [1.165, 1.54) is 0 Å². The van der Waals surface area contributed by atoms with Gasteiger partial charge in [-0.3, -0.25) is 4.21 Å². The predicted octanol–water partition coefficient (Wildman–Crippen LogP) is 0.935. The Bertz CT molecular complexity index is 450. The van der Waals surface area contributed by atoms with E-state index in [0.29, 0.717) is 48.5 Å². The van der Waals surface area contributed by atoms with Gasteiger partial charge in [-0.05, 0) is 11.6 Å². The van der Waals surface area contributed by atoms with Crippen molar-refractivity contribution in [1.82, 2.24) is 0 Å². The van der Waals surface area contributed by atoms with Crippen LogP contribution >= 0.6 is 0 Å². The van der Waals surface area contributed by atoms with Crippen molar-refractivity contribution in [3.8, 4) is 11.5 Å². The summed E-state index contributed by atoms with van der Waals surface area (Å²) in [5.41, 5.74) is 7.34. The number of benzene rings is 1. The van der Waals surface area contributed by atoms with Gasteiger partial charge in [0.05, 0.1) is 12.4 Å². The number of nitrogen functional groups attached to an aromatic ring is 1. The van der Waals surface area contributed by atoms with Gasteiger partial charge in [-0.15, -0.1) is 0 Å². The molecular formula is C12H17NO4S. The molecule has 1 aromatic carbocycles. The van der Waals surface area contributed by atoms with Crippen molar-refractivity contribution in [3.05, 3.63) is 17.7 Å². The van der Waals surface area contributed by atoms with Crippen molar-refractivity contribution in [2.45, 2.75) is 5.75 Å². The molecule has 0 saturated heterocycles. The number of nitrogens with two attached hydrogens (primary N) is 1. The van der Waals surface area contributed by atoms with Gasteiger partial charge in [0, 0.05) is 35.4 Å². The summed E-state index contributed by atoms with van der Waals surface area (Å²) in [4.78, 5) is 0. The minimum absolute atomic E-state index is 0.409. The summed E-state index contributed by atoms with van der Waals surface area (Å²) >= 11 is 0. The second-order valence-electron chi connectivity index (χ2n) is 3.98. The van der Waals surface area contributed by atoms with Crippen molar-refractivity contribution in [2.75, 3.05) is 38.4 Å². The second kappa shape index (κ2) is 6.06. The summed E-state index contributed by atoms with van der Waals surface area (Å²) in [5.74, 6) is 2.25. The van der Waals surface area contributed by atoms with E-state index in [4.69, 9.17) is 19.9 Å². The summed E-state index contributed by atoms with van der Waals surface area (Å²) in [5, 5.41) is 0. The Kier molecular flexibility index (Phi) is 4.43. The molecule has 0 fully saturated rings. The lowest BCUT2D eigenvalue weighted by Gasteiger charge is -2.20. The average molecular weight is 271 g/mol. The van der Waals surface area contributed by atoms with Crippen LogP contribution in [0.3, 0.4) is 0 Å². The number of rotatable bonds is 5. The highest BCUT2D eigenvalue weighted by molar-refractivity contribution is 7.84. The molecule has 0 aromatic heterocycles. The molecule has 5 nitrogen and oxygen atoms in total. The van der Waals surface area contributed by atoms with E-state index in [2.05, 4.69) is 0 Å². The Morgan fingerprint density at radius 2 is 2.00 bits per heavy atom. The van der Waals surface area contributed by atoms with Crippen LogP contribution in [0.2, 0.25) is 0 Å². The fourth-order valence-corrected chi connectivity index (χ4v) is 2.79. The van der Waals surface area contributed by atoms with Crippen molar-refractivity contribution in [2.24, 2.45) is 0 Å². The van der Waals surface area contributed by atoms with E-state index in [-0.39, 0.29) is 0 Å². The minimum Gasteiger partial charge on any atom is -0.486 e. The number of fused-ring (bicyclic) bond motifs is 1. The number of hydrogen-bond donors (Lipinski definition) is 1. The summed E-state index contributed by atoms with van der Waals surface area (Å²) < 4.78 is 27.6. The molecule has 1 unspecified atom stereocenters. The van der Waals surface area contributed by atoms with Crippen LogP contribution in [-0.2, 0) is 21.3 Å². The SMILES string of the molecule is COCCS(=O)Cc1cc2c(cc1N)OCCO2. The van der Waals surface area contributed by atoms with Crippen LogP contribution in [0, 0.1) is 0 Å². The van der Waals surface area contributed by atoms with Gasteiger partial charge in [-0.25, -0.2) is 0 Å². The maximum atomic E-state index is 11.8. The molecule has 1 heterocycles. The third-order valence-corrected chi connectivity index (χ3v) is 3.89. The zero-order valence-electron chi connectivity index (χ0n) is 10.3. The van der Waals surface area contributed by atoms with Gasteiger partial charge in [0.1, 0.15) is 13.2 Å². The molecule has 1 aliphatic heterocycles. The zero-order valence-corrected chi connectivity index (χ0v) is 11.1. The summed E-state index contributed by atoms with van der Waals surface area (Å²) in [6, 6.07) is 3.55. The minimum atomic E-state index is -0.983. The Morgan fingerprint density at radius 1 is 1.33 bits per heavy atom. The maximum absolute atomic E-state index is 11.8. The van der Waals surface area contributed by atoms with E-state index in [0.717, 1.165) is 5.56 Å². The standard InChI is InChI=1S/C12H17NO4S/c1-15-4-5-18(14)8-9-6-11-12(7-10(9)13)17-3-2-16-11/h6-7H,2-5,8,13H2,1H3. The molecule has 1 aromatic rings. The van der Waals surface area contributed by atoms with Crippen molar-refractivity contribution >= 4 is 16.5 Å². The van der Waals surface area contributed by atoms with Gasteiger partial charge >= 0.3 is 0 Å². The fraction of sp³-hybridized carbons (Fsp3) is 0.500. The molecule has 0 spiro atoms. The zero-order chi connectivity index (χ0) is 13.0. The lowest BCUT2D eigenvalue weighted by atomic mass is 10.2. The summed E-state index contributed by atoms with van der Waals surface area (Å²) in [7, 11) is 0.610. The van der Waals surface area contributed by atoms with Gasteiger partial charge in [-0.2, -0.15) is 0 Å². The average Bonchev–Trinajstić information content (AvgIpc) is 2.37. The third kappa shape index (κ3) is 3.14. The van der Waals surface area contributed by atoms with Crippen LogP contribution < -0.4 is 15.2 Å². The smallest absolute Gasteiger partial charge is 0.163 e. The molecule has 1 atom stereocenters. The van der Waals surface area contributed by atoms with E-state index < -0.39 is 10.8 Å². The Morgan fingerprint density at radius 3 is 2.67 bits per heavy atom. The van der Waals surface area contributed by atoms with Crippen LogP contribution in [0.25, 0.3) is 0 Å². The van der Waals surface area contributed by atoms with E-state index in [1.807, 2.05) is 6.07 Å². The molecule has 0 saturated carbocycles. The lowest BCUT2D eigenvalue weighted by Crippen LogP contribution is -2.16. The number of methoxy groups -OCH3 is 1. The highest BCUT2D eigenvalue weighted by Crippen LogP contribution is 2.34. The van der Waals surface area contributed by atoms with Gasteiger partial charge < -0.3 is 19.9 Å². The Labute approximate surface area is 109 Å². The first kappa shape index (κ1) is 13.2. The number of hydrogen-bond acceptors (Lipinski definition) is 5. The van der Waals surface area contributed by atoms with Crippen LogP contribution in [-0.4, -0.2) is 36.9 Å². The second-order valence-corrected chi connectivity index (χ2v) is 5.55. The van der Waals surface area contributed by atoms with Crippen LogP contribution in [0.1, 0.15) is 5.56 Å². The predicted molar refractivity (Wildman–Crippen MR) is 70.4 cm³/mol. The quantitative estimate of drug-likeness (QED) is 0.807. The molecule has 0 radical (unpaired) electrons. The molecule has 100 valence electrons. The molecule has 2 rings (SSSR count). The molecular weight excluding hydrogens is 254 g/mol. The molecule has 2 N–H and O–H groups in total. The number of anilines is 1. The largest absolute Gasteiger partial charge is 0.486 e. The van der Waals surface area contributed by atoms with Crippen LogP contribution in [0.4, 0.5) is 5.69 Å². The van der Waals surface area contributed by atoms with Gasteiger partial charge in [0.25, 0.3) is 0 Å². The van der Waals surface area contributed by atoms with Gasteiger partial charge in [-0.1, -0.05) is 0 Å².